The minimum Gasteiger partial charge on any atom is -0.481 e. The van der Waals surface area contributed by atoms with Crippen molar-refractivity contribution < 1.29 is 19.8 Å². The van der Waals surface area contributed by atoms with Crippen molar-refractivity contribution in [2.45, 2.75) is 44.8 Å². The number of rotatable bonds is 5. The van der Waals surface area contributed by atoms with Crippen LogP contribution >= 0.6 is 0 Å². The van der Waals surface area contributed by atoms with Crippen LogP contribution in [0, 0.1) is 5.92 Å². The lowest BCUT2D eigenvalue weighted by Crippen LogP contribution is -2.43. The van der Waals surface area contributed by atoms with Gasteiger partial charge in [0.25, 0.3) is 0 Å². The molecular weight excluding hydrogens is 236 g/mol. The molecule has 1 aliphatic carbocycles. The number of carboxylic acids is 1. The highest BCUT2D eigenvalue weighted by molar-refractivity contribution is 5.75. The van der Waals surface area contributed by atoms with Crippen molar-refractivity contribution in [3.05, 3.63) is 0 Å². The number of carboxylic acid groups (broad SMARTS) is 1. The summed E-state index contributed by atoms with van der Waals surface area (Å²) in [5.74, 6) is -1.12. The molecule has 0 heterocycles. The molecule has 104 valence electrons. The number of aliphatic carboxylic acids is 1. The van der Waals surface area contributed by atoms with E-state index in [0.29, 0.717) is 32.2 Å². The third-order valence-electron chi connectivity index (χ3n) is 3.34. The zero-order valence-electron chi connectivity index (χ0n) is 10.9. The van der Waals surface area contributed by atoms with Crippen molar-refractivity contribution in [2.24, 2.45) is 5.92 Å². The largest absolute Gasteiger partial charge is 0.481 e. The van der Waals surface area contributed by atoms with Gasteiger partial charge in [-0.2, -0.15) is 0 Å². The lowest BCUT2D eigenvalue weighted by atomic mass is 10.1. The molecule has 18 heavy (non-hydrogen) atoms. The average molecular weight is 258 g/mol. The van der Waals surface area contributed by atoms with E-state index in [2.05, 4.69) is 5.32 Å². The summed E-state index contributed by atoms with van der Waals surface area (Å²) in [6.45, 7) is 2.17. The first kappa shape index (κ1) is 14.8. The molecule has 1 fully saturated rings. The molecule has 3 N–H and O–H groups in total. The fraction of sp³-hybridized carbons (Fsp3) is 0.833. The smallest absolute Gasteiger partial charge is 0.317 e. The first-order valence-corrected chi connectivity index (χ1v) is 6.32. The minimum atomic E-state index is -0.783. The molecule has 0 spiro atoms. The van der Waals surface area contributed by atoms with Gasteiger partial charge in [-0.3, -0.25) is 4.79 Å². The summed E-state index contributed by atoms with van der Waals surface area (Å²) in [5.41, 5.74) is 0. The maximum absolute atomic E-state index is 11.8. The first-order valence-electron chi connectivity index (χ1n) is 6.32. The van der Waals surface area contributed by atoms with E-state index in [4.69, 9.17) is 10.2 Å². The number of urea groups is 1. The molecular formula is C12H22N2O4. The lowest BCUT2D eigenvalue weighted by Gasteiger charge is -2.21. The van der Waals surface area contributed by atoms with Gasteiger partial charge in [0.1, 0.15) is 0 Å². The average Bonchev–Trinajstić information content (AvgIpc) is 2.74. The number of carbonyl (C=O) groups is 2. The van der Waals surface area contributed by atoms with Crippen molar-refractivity contribution in [3.63, 3.8) is 0 Å². The van der Waals surface area contributed by atoms with Crippen molar-refractivity contribution in [3.8, 4) is 0 Å². The van der Waals surface area contributed by atoms with Crippen LogP contribution in [0.25, 0.3) is 0 Å². The number of nitrogens with zero attached hydrogens (tertiary/aromatic N) is 1. The van der Waals surface area contributed by atoms with E-state index in [1.165, 1.54) is 4.90 Å². The van der Waals surface area contributed by atoms with E-state index >= 15 is 0 Å². The number of hydrogen-bond acceptors (Lipinski definition) is 3. The molecule has 1 rings (SSSR count). The molecule has 3 atom stereocenters. The Balaban J connectivity index is 2.30. The van der Waals surface area contributed by atoms with Crippen LogP contribution in [0.3, 0.4) is 0 Å². The van der Waals surface area contributed by atoms with Gasteiger partial charge in [-0.15, -0.1) is 0 Å². The second-order valence-corrected chi connectivity index (χ2v) is 5.05. The SMILES string of the molecule is CC(O)CCN(C)C(=O)NC1CCC(C(=O)O)C1. The third-order valence-corrected chi connectivity index (χ3v) is 3.34. The van der Waals surface area contributed by atoms with E-state index in [1.54, 1.807) is 14.0 Å². The fourth-order valence-corrected chi connectivity index (χ4v) is 2.10. The van der Waals surface area contributed by atoms with Gasteiger partial charge < -0.3 is 20.4 Å². The van der Waals surface area contributed by atoms with Crippen molar-refractivity contribution in [1.29, 1.82) is 0 Å². The predicted molar refractivity (Wildman–Crippen MR) is 66.2 cm³/mol. The minimum absolute atomic E-state index is 0.0485. The van der Waals surface area contributed by atoms with E-state index in [1.807, 2.05) is 0 Å². The van der Waals surface area contributed by atoms with Gasteiger partial charge in [-0.05, 0) is 32.6 Å². The third kappa shape index (κ3) is 4.52. The molecule has 3 unspecified atom stereocenters. The van der Waals surface area contributed by atoms with Crippen LogP contribution in [0.1, 0.15) is 32.6 Å². The highest BCUT2D eigenvalue weighted by atomic mass is 16.4. The van der Waals surface area contributed by atoms with Crippen LogP contribution in [0.5, 0.6) is 0 Å². The summed E-state index contributed by atoms with van der Waals surface area (Å²) in [6.07, 6.45) is 1.95. The normalized spacial score (nSPS) is 24.6. The molecule has 0 aromatic heterocycles. The van der Waals surface area contributed by atoms with Gasteiger partial charge in [0.05, 0.1) is 12.0 Å². The number of aliphatic hydroxyl groups excluding tert-OH is 1. The maximum atomic E-state index is 11.8. The number of amides is 2. The number of carbonyl (C=O) groups excluding carboxylic acids is 1. The molecule has 6 nitrogen and oxygen atoms in total. The monoisotopic (exact) mass is 258 g/mol. The van der Waals surface area contributed by atoms with Crippen LogP contribution in [-0.4, -0.2) is 52.9 Å². The van der Waals surface area contributed by atoms with Crippen LogP contribution in [0.4, 0.5) is 4.79 Å². The molecule has 0 aromatic rings. The van der Waals surface area contributed by atoms with Crippen molar-refractivity contribution in [2.75, 3.05) is 13.6 Å². The summed E-state index contributed by atoms with van der Waals surface area (Å²) < 4.78 is 0. The zero-order chi connectivity index (χ0) is 13.7. The van der Waals surface area contributed by atoms with E-state index in [9.17, 15) is 9.59 Å². The number of nitrogens with one attached hydrogen (secondary N) is 1. The van der Waals surface area contributed by atoms with E-state index < -0.39 is 12.1 Å². The summed E-state index contributed by atoms with van der Waals surface area (Å²) in [7, 11) is 1.67. The quantitative estimate of drug-likeness (QED) is 0.675. The highest BCUT2D eigenvalue weighted by Crippen LogP contribution is 2.25. The Hall–Kier alpha value is -1.30. The Morgan fingerprint density at radius 3 is 2.61 bits per heavy atom. The fourth-order valence-electron chi connectivity index (χ4n) is 2.10. The number of hydrogen-bond donors (Lipinski definition) is 3. The molecule has 2 amide bonds. The van der Waals surface area contributed by atoms with Crippen LogP contribution in [0.15, 0.2) is 0 Å². The zero-order valence-corrected chi connectivity index (χ0v) is 10.9. The van der Waals surface area contributed by atoms with E-state index in [0.717, 1.165) is 0 Å². The van der Waals surface area contributed by atoms with Crippen LogP contribution < -0.4 is 5.32 Å². The van der Waals surface area contributed by atoms with Gasteiger partial charge in [-0.25, -0.2) is 4.79 Å². The maximum Gasteiger partial charge on any atom is 0.317 e. The second kappa shape index (κ2) is 6.58. The summed E-state index contributed by atoms with van der Waals surface area (Å²) >= 11 is 0. The van der Waals surface area contributed by atoms with E-state index in [-0.39, 0.29) is 18.0 Å². The van der Waals surface area contributed by atoms with Crippen LogP contribution in [0.2, 0.25) is 0 Å². The molecule has 0 bridgehead atoms. The second-order valence-electron chi connectivity index (χ2n) is 5.05. The summed E-state index contributed by atoms with van der Waals surface area (Å²) in [6, 6.07) is -0.251. The first-order chi connectivity index (χ1) is 8.40. The standard InChI is InChI=1S/C12H22N2O4/c1-8(15)5-6-14(2)12(18)13-10-4-3-9(7-10)11(16)17/h8-10,15H,3-7H2,1-2H3,(H,13,18)(H,16,17). The molecule has 1 saturated carbocycles. The predicted octanol–water partition coefficient (Wildman–Crippen LogP) is 0.652. The molecule has 1 aliphatic rings. The van der Waals surface area contributed by atoms with Gasteiger partial charge in [-0.1, -0.05) is 0 Å². The Morgan fingerprint density at radius 2 is 2.11 bits per heavy atom. The number of aliphatic hydroxyl groups is 1. The van der Waals surface area contributed by atoms with Crippen molar-refractivity contribution in [1.82, 2.24) is 10.2 Å². The van der Waals surface area contributed by atoms with Crippen molar-refractivity contribution >= 4 is 12.0 Å². The molecule has 0 aliphatic heterocycles. The van der Waals surface area contributed by atoms with Gasteiger partial charge in [0.15, 0.2) is 0 Å². The topological polar surface area (TPSA) is 89.9 Å². The Bertz CT molecular complexity index is 306. The molecule has 6 heteroatoms. The van der Waals surface area contributed by atoms with Gasteiger partial charge >= 0.3 is 12.0 Å². The van der Waals surface area contributed by atoms with Gasteiger partial charge in [0, 0.05) is 19.6 Å². The highest BCUT2D eigenvalue weighted by Gasteiger charge is 2.30. The Kier molecular flexibility index (Phi) is 5.40. The molecule has 0 saturated heterocycles. The lowest BCUT2D eigenvalue weighted by molar-refractivity contribution is -0.141. The summed E-state index contributed by atoms with van der Waals surface area (Å²) in [5, 5.41) is 20.8. The van der Waals surface area contributed by atoms with Crippen LogP contribution in [-0.2, 0) is 4.79 Å². The van der Waals surface area contributed by atoms with Gasteiger partial charge in [0.2, 0.25) is 0 Å². The molecule has 0 aromatic carbocycles. The Labute approximate surface area is 107 Å². The summed E-state index contributed by atoms with van der Waals surface area (Å²) in [4.78, 5) is 24.1. The molecule has 0 radical (unpaired) electrons. The Morgan fingerprint density at radius 1 is 1.44 bits per heavy atom.